The summed E-state index contributed by atoms with van der Waals surface area (Å²) >= 11 is 0. The first-order valence-corrected chi connectivity index (χ1v) is 9.88. The summed E-state index contributed by atoms with van der Waals surface area (Å²) in [5.41, 5.74) is 2.53. The lowest BCUT2D eigenvalue weighted by Gasteiger charge is -2.36. The van der Waals surface area contributed by atoms with E-state index in [1.807, 2.05) is 34.9 Å². The maximum atomic E-state index is 13.2. The van der Waals surface area contributed by atoms with Gasteiger partial charge in [0, 0.05) is 30.2 Å². The number of nitrogens with zero attached hydrogens (tertiary/aromatic N) is 2. The summed E-state index contributed by atoms with van der Waals surface area (Å²) < 4.78 is 5.38. The SMILES string of the molecule is Cc1ccc2[nH]c(=O)c(CN(C(=O)N3CCOCC3)C3CCCC3)cc2c1. The number of benzene rings is 1. The normalized spacial score (nSPS) is 18.2. The van der Waals surface area contributed by atoms with Crippen LogP contribution in [-0.2, 0) is 11.3 Å². The fourth-order valence-corrected chi connectivity index (χ4v) is 4.18. The van der Waals surface area contributed by atoms with Crippen molar-refractivity contribution in [3.05, 3.63) is 45.7 Å². The molecule has 2 amide bonds. The second-order valence-electron chi connectivity index (χ2n) is 7.66. The lowest BCUT2D eigenvalue weighted by atomic mass is 10.1. The number of ether oxygens (including phenoxy) is 1. The van der Waals surface area contributed by atoms with Crippen molar-refractivity contribution in [2.24, 2.45) is 0 Å². The maximum Gasteiger partial charge on any atom is 0.320 e. The van der Waals surface area contributed by atoms with Gasteiger partial charge in [-0.3, -0.25) is 4.79 Å². The standard InChI is InChI=1S/C21H27N3O3/c1-15-6-7-19-16(12-15)13-17(20(25)22-19)14-24(18-4-2-3-5-18)21(26)23-8-10-27-11-9-23/h6-7,12-13,18H,2-5,8-11,14H2,1H3,(H,22,25). The minimum Gasteiger partial charge on any atom is -0.378 e. The second-order valence-corrected chi connectivity index (χ2v) is 7.66. The van der Waals surface area contributed by atoms with Gasteiger partial charge in [-0.05, 0) is 43.4 Å². The third-order valence-electron chi connectivity index (χ3n) is 5.71. The van der Waals surface area contributed by atoms with Gasteiger partial charge in [-0.2, -0.15) is 0 Å². The highest BCUT2D eigenvalue weighted by atomic mass is 16.5. The van der Waals surface area contributed by atoms with Crippen LogP contribution < -0.4 is 5.56 Å². The van der Waals surface area contributed by atoms with Crippen LogP contribution in [0.25, 0.3) is 10.9 Å². The van der Waals surface area contributed by atoms with Crippen molar-refractivity contribution in [2.75, 3.05) is 26.3 Å². The molecular formula is C21H27N3O3. The van der Waals surface area contributed by atoms with Crippen LogP contribution in [0.1, 0.15) is 36.8 Å². The number of aromatic nitrogens is 1. The topological polar surface area (TPSA) is 65.6 Å². The maximum absolute atomic E-state index is 13.2. The van der Waals surface area contributed by atoms with Crippen molar-refractivity contribution in [3.63, 3.8) is 0 Å². The number of pyridine rings is 1. The van der Waals surface area contributed by atoms with Crippen molar-refractivity contribution >= 4 is 16.9 Å². The monoisotopic (exact) mass is 369 g/mol. The summed E-state index contributed by atoms with van der Waals surface area (Å²) in [4.78, 5) is 32.6. The summed E-state index contributed by atoms with van der Waals surface area (Å²) in [6.07, 6.45) is 4.32. The third kappa shape index (κ3) is 3.86. The van der Waals surface area contributed by atoms with Gasteiger partial charge in [-0.1, -0.05) is 24.5 Å². The average molecular weight is 369 g/mol. The summed E-state index contributed by atoms with van der Waals surface area (Å²) in [5.74, 6) is 0. The van der Waals surface area contributed by atoms with Crippen LogP contribution in [0.3, 0.4) is 0 Å². The molecule has 1 aromatic carbocycles. The molecule has 0 unspecified atom stereocenters. The first-order valence-electron chi connectivity index (χ1n) is 9.88. The molecule has 1 aliphatic carbocycles. The summed E-state index contributed by atoms with van der Waals surface area (Å²) in [7, 11) is 0. The van der Waals surface area contributed by atoms with Crippen LogP contribution in [0.15, 0.2) is 29.1 Å². The Morgan fingerprint density at radius 2 is 1.96 bits per heavy atom. The van der Waals surface area contributed by atoms with Gasteiger partial charge >= 0.3 is 6.03 Å². The van der Waals surface area contributed by atoms with Gasteiger partial charge in [0.2, 0.25) is 0 Å². The molecule has 0 spiro atoms. The number of carbonyl (C=O) groups excluding carboxylic acids is 1. The molecule has 27 heavy (non-hydrogen) atoms. The molecule has 0 bridgehead atoms. The summed E-state index contributed by atoms with van der Waals surface area (Å²) in [5, 5.41) is 1.01. The quantitative estimate of drug-likeness (QED) is 0.904. The number of fused-ring (bicyclic) bond motifs is 1. The molecule has 2 aromatic rings. The van der Waals surface area contributed by atoms with Crippen LogP contribution in [0.4, 0.5) is 4.79 Å². The van der Waals surface area contributed by atoms with E-state index in [-0.39, 0.29) is 17.6 Å². The number of H-pyrrole nitrogens is 1. The molecule has 2 fully saturated rings. The first kappa shape index (κ1) is 18.0. The molecule has 1 saturated heterocycles. The molecule has 4 rings (SSSR count). The van der Waals surface area contributed by atoms with E-state index in [4.69, 9.17) is 4.74 Å². The Hall–Kier alpha value is -2.34. The van der Waals surface area contributed by atoms with Crippen LogP contribution in [0, 0.1) is 6.92 Å². The van der Waals surface area contributed by atoms with Gasteiger partial charge in [-0.25, -0.2) is 4.79 Å². The smallest absolute Gasteiger partial charge is 0.320 e. The van der Waals surface area contributed by atoms with E-state index in [1.54, 1.807) is 0 Å². The average Bonchev–Trinajstić information content (AvgIpc) is 3.21. The van der Waals surface area contributed by atoms with Gasteiger partial charge in [0.05, 0.1) is 19.8 Å². The van der Waals surface area contributed by atoms with Crippen LogP contribution in [-0.4, -0.2) is 53.2 Å². The van der Waals surface area contributed by atoms with Crippen LogP contribution >= 0.6 is 0 Å². The fraction of sp³-hybridized carbons (Fsp3) is 0.524. The number of morpholine rings is 1. The molecule has 1 aromatic heterocycles. The zero-order valence-electron chi connectivity index (χ0n) is 15.9. The van der Waals surface area contributed by atoms with E-state index in [0.29, 0.717) is 38.4 Å². The molecule has 2 aliphatic rings. The molecule has 2 heterocycles. The first-order chi connectivity index (χ1) is 13.1. The zero-order valence-corrected chi connectivity index (χ0v) is 15.9. The molecule has 1 N–H and O–H groups in total. The van der Waals surface area contributed by atoms with Crippen molar-refractivity contribution < 1.29 is 9.53 Å². The summed E-state index contributed by atoms with van der Waals surface area (Å²) in [6.45, 7) is 4.81. The molecule has 0 radical (unpaired) electrons. The van der Waals surface area contributed by atoms with E-state index >= 15 is 0 Å². The Balaban J connectivity index is 1.64. The Bertz CT molecular complexity index is 880. The van der Waals surface area contributed by atoms with Gasteiger partial charge in [-0.15, -0.1) is 0 Å². The molecule has 6 nitrogen and oxygen atoms in total. The van der Waals surface area contributed by atoms with E-state index in [9.17, 15) is 9.59 Å². The van der Waals surface area contributed by atoms with Crippen LogP contribution in [0.2, 0.25) is 0 Å². The number of amides is 2. The molecular weight excluding hydrogens is 342 g/mol. The largest absolute Gasteiger partial charge is 0.378 e. The highest BCUT2D eigenvalue weighted by molar-refractivity contribution is 5.80. The van der Waals surface area contributed by atoms with E-state index in [0.717, 1.165) is 42.1 Å². The molecule has 6 heteroatoms. The van der Waals surface area contributed by atoms with Gasteiger partial charge in [0.15, 0.2) is 0 Å². The minimum absolute atomic E-state index is 0.0361. The van der Waals surface area contributed by atoms with Gasteiger partial charge in [0.1, 0.15) is 0 Å². The lowest BCUT2D eigenvalue weighted by molar-refractivity contribution is 0.0383. The predicted octanol–water partition coefficient (Wildman–Crippen LogP) is 3.03. The zero-order chi connectivity index (χ0) is 18.8. The fourth-order valence-electron chi connectivity index (χ4n) is 4.18. The molecule has 144 valence electrons. The molecule has 1 saturated carbocycles. The van der Waals surface area contributed by atoms with E-state index < -0.39 is 0 Å². The Morgan fingerprint density at radius 3 is 2.70 bits per heavy atom. The molecule has 0 atom stereocenters. The minimum atomic E-state index is -0.107. The van der Waals surface area contributed by atoms with Gasteiger partial charge < -0.3 is 19.5 Å². The van der Waals surface area contributed by atoms with Crippen molar-refractivity contribution in [2.45, 2.75) is 45.2 Å². The van der Waals surface area contributed by atoms with Crippen molar-refractivity contribution in [1.82, 2.24) is 14.8 Å². The second kappa shape index (κ2) is 7.72. The Morgan fingerprint density at radius 1 is 1.22 bits per heavy atom. The number of nitrogens with one attached hydrogen (secondary N) is 1. The predicted molar refractivity (Wildman–Crippen MR) is 105 cm³/mol. The highest BCUT2D eigenvalue weighted by Crippen LogP contribution is 2.26. The number of aryl methyl sites for hydroxylation is 1. The van der Waals surface area contributed by atoms with E-state index in [1.165, 1.54) is 0 Å². The number of urea groups is 1. The van der Waals surface area contributed by atoms with Crippen molar-refractivity contribution in [3.8, 4) is 0 Å². The van der Waals surface area contributed by atoms with E-state index in [2.05, 4.69) is 11.1 Å². The number of aromatic amines is 1. The number of hydrogen-bond donors (Lipinski definition) is 1. The van der Waals surface area contributed by atoms with Gasteiger partial charge in [0.25, 0.3) is 5.56 Å². The number of carbonyl (C=O) groups is 1. The number of rotatable bonds is 3. The summed E-state index contributed by atoms with van der Waals surface area (Å²) in [6, 6.07) is 8.18. The molecule has 1 aliphatic heterocycles. The highest BCUT2D eigenvalue weighted by Gasteiger charge is 2.31. The van der Waals surface area contributed by atoms with Crippen molar-refractivity contribution in [1.29, 1.82) is 0 Å². The number of hydrogen-bond acceptors (Lipinski definition) is 3. The lowest BCUT2D eigenvalue weighted by Crippen LogP contribution is -2.51. The Labute approximate surface area is 159 Å². The van der Waals surface area contributed by atoms with Crippen LogP contribution in [0.5, 0.6) is 0 Å². The third-order valence-corrected chi connectivity index (χ3v) is 5.71. The Kier molecular flexibility index (Phi) is 5.16.